The fourth-order valence-electron chi connectivity index (χ4n) is 3.71. The minimum Gasteiger partial charge on any atom is -0.459 e. The van der Waals surface area contributed by atoms with Crippen LogP contribution in [0.1, 0.15) is 44.4 Å². The number of hydrogen-bond acceptors (Lipinski definition) is 4. The van der Waals surface area contributed by atoms with Crippen LogP contribution in [0, 0.1) is 6.92 Å². The van der Waals surface area contributed by atoms with E-state index in [1.165, 1.54) is 0 Å². The zero-order valence-corrected chi connectivity index (χ0v) is 18.4. The van der Waals surface area contributed by atoms with E-state index >= 15 is 0 Å². The predicted octanol–water partition coefficient (Wildman–Crippen LogP) is 3.00. The number of para-hydroxylation sites is 1. The van der Waals surface area contributed by atoms with Crippen LogP contribution in [0.15, 0.2) is 33.7 Å². The van der Waals surface area contributed by atoms with E-state index in [2.05, 4.69) is 23.6 Å². The molecule has 0 amide bonds. The Bertz CT molecular complexity index is 944. The van der Waals surface area contributed by atoms with E-state index in [0.717, 1.165) is 47.6 Å². The van der Waals surface area contributed by atoms with Gasteiger partial charge in [-0.1, -0.05) is 25.1 Å². The number of nitrogens with zero attached hydrogens (tertiary/aromatic N) is 2. The highest BCUT2D eigenvalue weighted by molar-refractivity contribution is 7.89. The minimum absolute atomic E-state index is 0.206. The van der Waals surface area contributed by atoms with Gasteiger partial charge in [0.1, 0.15) is 17.9 Å². The molecular weight excluding hydrogens is 388 g/mol. The number of benzene rings is 1. The average Bonchev–Trinajstić information content (AvgIpc) is 3.03. The van der Waals surface area contributed by atoms with Crippen LogP contribution in [0.2, 0.25) is 0 Å². The van der Waals surface area contributed by atoms with Gasteiger partial charge in [0.2, 0.25) is 10.0 Å². The summed E-state index contributed by atoms with van der Waals surface area (Å²) in [5.41, 5.74) is 2.00. The van der Waals surface area contributed by atoms with Gasteiger partial charge in [0.15, 0.2) is 5.96 Å². The fourth-order valence-corrected chi connectivity index (χ4v) is 5.25. The van der Waals surface area contributed by atoms with Gasteiger partial charge in [-0.3, -0.25) is 0 Å². The van der Waals surface area contributed by atoms with Crippen LogP contribution in [-0.4, -0.2) is 50.1 Å². The first-order chi connectivity index (χ1) is 13.9. The van der Waals surface area contributed by atoms with Crippen molar-refractivity contribution in [3.05, 3.63) is 35.6 Å². The van der Waals surface area contributed by atoms with Gasteiger partial charge in [-0.15, -0.1) is 0 Å². The molecule has 2 heterocycles. The van der Waals surface area contributed by atoms with Crippen molar-refractivity contribution >= 4 is 27.0 Å². The SMILES string of the molecule is CCCS(=O)(=O)N1CCC(NC(=NCc2oc3ccccc3c2C)NCC)CC1. The van der Waals surface area contributed by atoms with Gasteiger partial charge in [-0.2, -0.15) is 0 Å². The molecular formula is C21H32N4O3S. The highest BCUT2D eigenvalue weighted by Gasteiger charge is 2.27. The summed E-state index contributed by atoms with van der Waals surface area (Å²) in [7, 11) is -3.11. The molecule has 1 aliphatic heterocycles. The van der Waals surface area contributed by atoms with Crippen LogP contribution in [0.4, 0.5) is 0 Å². The van der Waals surface area contributed by atoms with Crippen molar-refractivity contribution in [2.45, 2.75) is 52.6 Å². The van der Waals surface area contributed by atoms with Crippen LogP contribution in [-0.2, 0) is 16.6 Å². The van der Waals surface area contributed by atoms with Gasteiger partial charge in [0, 0.05) is 36.6 Å². The normalized spacial score (nSPS) is 17.0. The zero-order valence-electron chi connectivity index (χ0n) is 17.6. The molecule has 160 valence electrons. The van der Waals surface area contributed by atoms with E-state index in [0.29, 0.717) is 26.1 Å². The number of guanidine groups is 1. The number of aliphatic imine (C=N–C) groups is 1. The smallest absolute Gasteiger partial charge is 0.214 e. The summed E-state index contributed by atoms with van der Waals surface area (Å²) in [6, 6.07) is 8.22. The molecule has 29 heavy (non-hydrogen) atoms. The highest BCUT2D eigenvalue weighted by atomic mass is 32.2. The highest BCUT2D eigenvalue weighted by Crippen LogP contribution is 2.25. The number of aryl methyl sites for hydroxylation is 1. The molecule has 7 nitrogen and oxygen atoms in total. The molecule has 0 saturated carbocycles. The fraction of sp³-hybridized carbons (Fsp3) is 0.571. The Balaban J connectivity index is 1.62. The van der Waals surface area contributed by atoms with Crippen molar-refractivity contribution in [1.82, 2.24) is 14.9 Å². The molecule has 1 fully saturated rings. The molecule has 2 N–H and O–H groups in total. The van der Waals surface area contributed by atoms with Gasteiger partial charge in [0.25, 0.3) is 0 Å². The summed E-state index contributed by atoms with van der Waals surface area (Å²) in [5.74, 6) is 1.83. The Hall–Kier alpha value is -2.06. The lowest BCUT2D eigenvalue weighted by Crippen LogP contribution is -2.50. The van der Waals surface area contributed by atoms with Crippen LogP contribution in [0.5, 0.6) is 0 Å². The van der Waals surface area contributed by atoms with Crippen LogP contribution < -0.4 is 10.6 Å². The molecule has 8 heteroatoms. The number of furan rings is 1. The molecule has 0 bridgehead atoms. The van der Waals surface area contributed by atoms with Crippen LogP contribution in [0.3, 0.4) is 0 Å². The monoisotopic (exact) mass is 420 g/mol. The van der Waals surface area contributed by atoms with E-state index in [-0.39, 0.29) is 11.8 Å². The molecule has 0 unspecified atom stereocenters. The van der Waals surface area contributed by atoms with Crippen molar-refractivity contribution in [3.63, 3.8) is 0 Å². The second-order valence-electron chi connectivity index (χ2n) is 7.48. The molecule has 1 aliphatic rings. The second-order valence-corrected chi connectivity index (χ2v) is 9.56. The Kier molecular flexibility index (Phi) is 7.18. The first-order valence-corrected chi connectivity index (χ1v) is 12.0. The number of piperidine rings is 1. The number of rotatable bonds is 7. The van der Waals surface area contributed by atoms with Gasteiger partial charge in [0.05, 0.1) is 5.75 Å². The summed E-state index contributed by atoms with van der Waals surface area (Å²) in [5, 5.41) is 7.86. The maximum absolute atomic E-state index is 12.2. The van der Waals surface area contributed by atoms with Gasteiger partial charge >= 0.3 is 0 Å². The zero-order chi connectivity index (χ0) is 20.9. The Labute approximate surface area is 173 Å². The lowest BCUT2D eigenvalue weighted by atomic mass is 10.1. The Morgan fingerprint density at radius 3 is 2.62 bits per heavy atom. The number of nitrogens with one attached hydrogen (secondary N) is 2. The number of hydrogen-bond donors (Lipinski definition) is 2. The molecule has 0 spiro atoms. The molecule has 2 aromatic rings. The van der Waals surface area contributed by atoms with Crippen molar-refractivity contribution < 1.29 is 12.8 Å². The van der Waals surface area contributed by atoms with Crippen molar-refractivity contribution in [3.8, 4) is 0 Å². The van der Waals surface area contributed by atoms with Gasteiger partial charge in [-0.05, 0) is 39.2 Å². The second kappa shape index (κ2) is 9.63. The summed E-state index contributed by atoms with van der Waals surface area (Å²) >= 11 is 0. The van der Waals surface area contributed by atoms with Gasteiger partial charge in [-0.25, -0.2) is 17.7 Å². The summed E-state index contributed by atoms with van der Waals surface area (Å²) in [4.78, 5) is 4.70. The predicted molar refractivity (Wildman–Crippen MR) is 118 cm³/mol. The largest absolute Gasteiger partial charge is 0.459 e. The standard InChI is InChI=1S/C21H32N4O3S/c1-4-14-29(26,27)25-12-10-17(11-13-25)24-21(22-5-2)23-15-20-16(3)18-8-6-7-9-19(18)28-20/h6-9,17H,4-5,10-15H2,1-3H3,(H2,22,23,24). The summed E-state index contributed by atoms with van der Waals surface area (Å²) in [6.45, 7) is 8.32. The maximum atomic E-state index is 12.2. The quantitative estimate of drug-likeness (QED) is 0.531. The van der Waals surface area contributed by atoms with Gasteiger partial charge < -0.3 is 15.1 Å². The third kappa shape index (κ3) is 5.30. The molecule has 1 aromatic carbocycles. The molecule has 1 aromatic heterocycles. The Morgan fingerprint density at radius 2 is 1.97 bits per heavy atom. The van der Waals surface area contributed by atoms with E-state index in [9.17, 15) is 8.42 Å². The number of sulfonamides is 1. The summed E-state index contributed by atoms with van der Waals surface area (Å²) < 4.78 is 32.1. The number of fused-ring (bicyclic) bond motifs is 1. The minimum atomic E-state index is -3.11. The molecule has 0 aliphatic carbocycles. The van der Waals surface area contributed by atoms with Crippen LogP contribution >= 0.6 is 0 Å². The lowest BCUT2D eigenvalue weighted by Gasteiger charge is -2.32. The van der Waals surface area contributed by atoms with E-state index < -0.39 is 10.0 Å². The average molecular weight is 421 g/mol. The lowest BCUT2D eigenvalue weighted by molar-refractivity contribution is 0.306. The first kappa shape index (κ1) is 21.6. The molecule has 1 saturated heterocycles. The third-order valence-corrected chi connectivity index (χ3v) is 7.39. The van der Waals surface area contributed by atoms with Crippen molar-refractivity contribution in [1.29, 1.82) is 0 Å². The summed E-state index contributed by atoms with van der Waals surface area (Å²) in [6.07, 6.45) is 2.20. The third-order valence-electron chi connectivity index (χ3n) is 5.32. The van der Waals surface area contributed by atoms with E-state index in [1.807, 2.05) is 32.0 Å². The maximum Gasteiger partial charge on any atom is 0.214 e. The van der Waals surface area contributed by atoms with Crippen molar-refractivity contribution in [2.24, 2.45) is 4.99 Å². The van der Waals surface area contributed by atoms with E-state index in [4.69, 9.17) is 9.41 Å². The molecule has 0 atom stereocenters. The molecule has 3 rings (SSSR count). The van der Waals surface area contributed by atoms with Crippen LogP contribution in [0.25, 0.3) is 11.0 Å². The topological polar surface area (TPSA) is 86.9 Å². The Morgan fingerprint density at radius 1 is 1.24 bits per heavy atom. The van der Waals surface area contributed by atoms with Crippen molar-refractivity contribution in [2.75, 3.05) is 25.4 Å². The molecule has 0 radical (unpaired) electrons. The van der Waals surface area contributed by atoms with E-state index in [1.54, 1.807) is 4.31 Å². The first-order valence-electron chi connectivity index (χ1n) is 10.4.